The van der Waals surface area contributed by atoms with Crippen LogP contribution in [0.5, 0.6) is 11.5 Å². The van der Waals surface area contributed by atoms with E-state index in [-0.39, 0.29) is 18.3 Å². The lowest BCUT2D eigenvalue weighted by Crippen LogP contribution is -2.53. The third-order valence-corrected chi connectivity index (χ3v) is 6.00. The highest BCUT2D eigenvalue weighted by atomic mass is 16.6. The van der Waals surface area contributed by atoms with Gasteiger partial charge in [-0.3, -0.25) is 4.79 Å². The maximum absolute atomic E-state index is 13.1. The Labute approximate surface area is 192 Å². The Morgan fingerprint density at radius 2 is 1.97 bits per heavy atom. The Hall–Kier alpha value is -3.54. The molecule has 2 aliphatic rings. The van der Waals surface area contributed by atoms with Crippen LogP contribution in [-0.2, 0) is 4.74 Å². The van der Waals surface area contributed by atoms with Gasteiger partial charge in [0.25, 0.3) is 0 Å². The van der Waals surface area contributed by atoms with Crippen LogP contribution in [-0.4, -0.2) is 58.0 Å². The van der Waals surface area contributed by atoms with Crippen molar-refractivity contribution in [1.82, 2.24) is 14.7 Å². The van der Waals surface area contributed by atoms with E-state index in [1.165, 1.54) is 7.11 Å². The van der Waals surface area contributed by atoms with Gasteiger partial charge in [0.15, 0.2) is 17.2 Å². The van der Waals surface area contributed by atoms with Crippen molar-refractivity contribution in [2.45, 2.75) is 58.2 Å². The van der Waals surface area contributed by atoms with Gasteiger partial charge in [-0.25, -0.2) is 9.48 Å². The van der Waals surface area contributed by atoms with E-state index >= 15 is 0 Å². The summed E-state index contributed by atoms with van der Waals surface area (Å²) < 4.78 is 18.8. The first-order valence-electron chi connectivity index (χ1n) is 10.9. The van der Waals surface area contributed by atoms with E-state index in [0.29, 0.717) is 60.1 Å². The van der Waals surface area contributed by atoms with Crippen LogP contribution in [0.15, 0.2) is 18.2 Å². The van der Waals surface area contributed by atoms with Gasteiger partial charge in [0.1, 0.15) is 23.0 Å². The summed E-state index contributed by atoms with van der Waals surface area (Å²) in [5.41, 5.74) is 0.860. The lowest BCUT2D eigenvalue weighted by Gasteiger charge is -2.43. The minimum atomic E-state index is -0.663. The number of rotatable bonds is 2. The van der Waals surface area contributed by atoms with Crippen LogP contribution < -0.4 is 9.47 Å². The molecule has 0 atom stereocenters. The highest BCUT2D eigenvalue weighted by Gasteiger charge is 2.46. The number of amides is 1. The second-order valence-corrected chi connectivity index (χ2v) is 9.52. The number of Topliss-reactive ketones (excluding diaryl/α,β-unsaturated/α-hetero) is 1. The summed E-state index contributed by atoms with van der Waals surface area (Å²) in [4.78, 5) is 27.1. The van der Waals surface area contributed by atoms with Gasteiger partial charge in [0.2, 0.25) is 0 Å². The van der Waals surface area contributed by atoms with Crippen molar-refractivity contribution in [2.24, 2.45) is 0 Å². The Kier molecular flexibility index (Phi) is 5.56. The predicted octanol–water partition coefficient (Wildman–Crippen LogP) is 3.80. The molecule has 1 spiro atoms. The topological polar surface area (TPSA) is 107 Å². The quantitative estimate of drug-likeness (QED) is 0.682. The van der Waals surface area contributed by atoms with Crippen molar-refractivity contribution < 1.29 is 23.8 Å². The monoisotopic (exact) mass is 452 g/mol. The number of carbonyl (C=O) groups excluding carboxylic acids is 2. The summed E-state index contributed by atoms with van der Waals surface area (Å²) in [7, 11) is 1.50. The molecule has 9 nitrogen and oxygen atoms in total. The molecule has 4 rings (SSSR count). The maximum atomic E-state index is 13.1. The molecule has 3 heterocycles. The predicted molar refractivity (Wildman–Crippen MR) is 119 cm³/mol. The first-order chi connectivity index (χ1) is 15.6. The van der Waals surface area contributed by atoms with Gasteiger partial charge in [-0.05, 0) is 39.8 Å². The number of nitriles is 1. The van der Waals surface area contributed by atoms with E-state index in [0.717, 1.165) is 0 Å². The lowest BCUT2D eigenvalue weighted by molar-refractivity contribution is -0.0230. The molecule has 1 aromatic heterocycles. The SMILES string of the molecule is COc1cc(-n2nc3c(c2C)OC2(CCN(C(=O)OC(C)(C)C)CC2)CC3=O)ccc1C#N. The molecule has 0 N–H and O–H groups in total. The number of nitrogens with zero attached hydrogens (tertiary/aromatic N) is 4. The molecule has 1 saturated heterocycles. The highest BCUT2D eigenvalue weighted by molar-refractivity contribution is 5.99. The summed E-state index contributed by atoms with van der Waals surface area (Å²) in [6.07, 6.45) is 0.938. The van der Waals surface area contributed by atoms with Crippen molar-refractivity contribution in [3.63, 3.8) is 0 Å². The molecule has 0 aliphatic carbocycles. The van der Waals surface area contributed by atoms with Crippen LogP contribution in [0.25, 0.3) is 5.69 Å². The molecule has 1 aromatic carbocycles. The van der Waals surface area contributed by atoms with Crippen molar-refractivity contribution in [2.75, 3.05) is 20.2 Å². The van der Waals surface area contributed by atoms with Crippen molar-refractivity contribution >= 4 is 11.9 Å². The number of likely N-dealkylation sites (tertiary alicyclic amines) is 1. The van der Waals surface area contributed by atoms with E-state index < -0.39 is 11.2 Å². The van der Waals surface area contributed by atoms with Gasteiger partial charge in [-0.15, -0.1) is 0 Å². The van der Waals surface area contributed by atoms with Crippen LogP contribution in [0.3, 0.4) is 0 Å². The fourth-order valence-corrected chi connectivity index (χ4v) is 4.28. The summed E-state index contributed by atoms with van der Waals surface area (Å²) in [5, 5.41) is 13.7. The highest BCUT2D eigenvalue weighted by Crippen LogP contribution is 2.41. The molecule has 1 fully saturated rings. The number of aromatic nitrogens is 2. The average molecular weight is 453 g/mol. The molecule has 1 amide bonds. The number of ether oxygens (including phenoxy) is 3. The zero-order chi connectivity index (χ0) is 24.0. The molecule has 2 aromatic rings. The summed E-state index contributed by atoms with van der Waals surface area (Å²) in [6, 6.07) is 7.21. The smallest absolute Gasteiger partial charge is 0.410 e. The number of hydrogen-bond donors (Lipinski definition) is 0. The molecular formula is C24H28N4O5. The molecule has 174 valence electrons. The minimum absolute atomic E-state index is 0.0792. The summed E-state index contributed by atoms with van der Waals surface area (Å²) in [6.45, 7) is 8.27. The fraction of sp³-hybridized carbons (Fsp3) is 0.500. The molecule has 33 heavy (non-hydrogen) atoms. The van der Waals surface area contributed by atoms with Crippen LogP contribution >= 0.6 is 0 Å². The Bertz CT molecular complexity index is 1150. The van der Waals surface area contributed by atoms with E-state index in [4.69, 9.17) is 14.2 Å². The number of ketones is 1. The molecule has 0 saturated carbocycles. The molecule has 9 heteroatoms. The van der Waals surface area contributed by atoms with Crippen molar-refractivity contribution in [3.8, 4) is 23.3 Å². The molecule has 0 unspecified atom stereocenters. The van der Waals surface area contributed by atoms with Gasteiger partial charge in [-0.1, -0.05) is 0 Å². The largest absolute Gasteiger partial charge is 0.495 e. The Balaban J connectivity index is 1.57. The van der Waals surface area contributed by atoms with Crippen LogP contribution in [0.1, 0.15) is 61.8 Å². The second-order valence-electron chi connectivity index (χ2n) is 9.52. The molecular weight excluding hydrogens is 424 g/mol. The van der Waals surface area contributed by atoms with Gasteiger partial charge < -0.3 is 19.1 Å². The number of piperidine rings is 1. The standard InChI is InChI=1S/C24H28N4O5/c1-15-21-20(26-28(15)17-7-6-16(14-25)19(12-17)31-5)18(29)13-24(32-21)8-10-27(11-9-24)22(30)33-23(2,3)4/h6-7,12H,8-11,13H2,1-5H3. The van der Waals surface area contributed by atoms with E-state index in [1.54, 1.807) is 27.8 Å². The second kappa shape index (κ2) is 8.10. The van der Waals surface area contributed by atoms with Gasteiger partial charge in [0, 0.05) is 32.0 Å². The number of fused-ring (bicyclic) bond motifs is 1. The third kappa shape index (κ3) is 4.25. The fourth-order valence-electron chi connectivity index (χ4n) is 4.28. The molecule has 0 bridgehead atoms. The lowest BCUT2D eigenvalue weighted by atomic mass is 9.83. The number of carbonyl (C=O) groups is 2. The van der Waals surface area contributed by atoms with E-state index in [9.17, 15) is 14.9 Å². The Morgan fingerprint density at radius 3 is 2.58 bits per heavy atom. The molecule has 0 radical (unpaired) electrons. The first kappa shape index (κ1) is 22.6. The van der Waals surface area contributed by atoms with Gasteiger partial charge in [0.05, 0.1) is 30.5 Å². The third-order valence-electron chi connectivity index (χ3n) is 6.00. The first-order valence-corrected chi connectivity index (χ1v) is 10.9. The number of hydrogen-bond acceptors (Lipinski definition) is 7. The van der Waals surface area contributed by atoms with Crippen LogP contribution in [0, 0.1) is 18.3 Å². The number of methoxy groups -OCH3 is 1. The van der Waals surface area contributed by atoms with Crippen molar-refractivity contribution in [1.29, 1.82) is 5.26 Å². The van der Waals surface area contributed by atoms with Crippen LogP contribution in [0.2, 0.25) is 0 Å². The minimum Gasteiger partial charge on any atom is -0.495 e. The molecule has 2 aliphatic heterocycles. The van der Waals surface area contributed by atoms with E-state index in [1.807, 2.05) is 27.7 Å². The maximum Gasteiger partial charge on any atom is 0.410 e. The van der Waals surface area contributed by atoms with Gasteiger partial charge >= 0.3 is 6.09 Å². The van der Waals surface area contributed by atoms with Crippen LogP contribution in [0.4, 0.5) is 4.79 Å². The zero-order valence-corrected chi connectivity index (χ0v) is 19.6. The zero-order valence-electron chi connectivity index (χ0n) is 19.6. The van der Waals surface area contributed by atoms with Gasteiger partial charge in [-0.2, -0.15) is 10.4 Å². The normalized spacial score (nSPS) is 17.2. The Morgan fingerprint density at radius 1 is 1.27 bits per heavy atom. The number of benzene rings is 1. The van der Waals surface area contributed by atoms with Crippen molar-refractivity contribution in [3.05, 3.63) is 35.2 Å². The summed E-state index contributed by atoms with van der Waals surface area (Å²) >= 11 is 0. The average Bonchev–Trinajstić information content (AvgIpc) is 3.09. The van der Waals surface area contributed by atoms with E-state index in [2.05, 4.69) is 11.2 Å². The summed E-state index contributed by atoms with van der Waals surface area (Å²) in [5.74, 6) is 0.825.